The fourth-order valence-electron chi connectivity index (χ4n) is 3.46. The highest BCUT2D eigenvalue weighted by atomic mass is 31.2. The summed E-state index contributed by atoms with van der Waals surface area (Å²) in [6, 6.07) is 3.29. The maximum absolute atomic E-state index is 10.2. The second-order valence-corrected chi connectivity index (χ2v) is 9.35. The standard InChI is InChI=1S/C22H38O2.H4O5P2/c1-3-5-7-9-11-13-15-19-20(22(24)18-17-21(19)23)16-14-12-10-8-6-4-2;1-6(2)5-7(3)4/h17-18,23-24H,3-16H2,1-2H3;1-4H. The van der Waals surface area contributed by atoms with E-state index in [2.05, 4.69) is 18.2 Å². The van der Waals surface area contributed by atoms with Crippen LogP contribution in [-0.2, 0) is 17.2 Å². The van der Waals surface area contributed by atoms with Gasteiger partial charge in [0.15, 0.2) is 0 Å². The van der Waals surface area contributed by atoms with Gasteiger partial charge in [-0.05, 0) is 37.8 Å². The minimum atomic E-state index is -2.61. The minimum Gasteiger partial charge on any atom is -0.508 e. The van der Waals surface area contributed by atoms with Crippen LogP contribution in [0.15, 0.2) is 12.1 Å². The molecule has 0 unspecified atom stereocenters. The van der Waals surface area contributed by atoms with Crippen LogP contribution in [0.3, 0.4) is 0 Å². The first-order valence-electron chi connectivity index (χ1n) is 11.4. The molecule has 0 atom stereocenters. The van der Waals surface area contributed by atoms with Crippen LogP contribution in [-0.4, -0.2) is 29.8 Å². The Hall–Kier alpha value is -0.520. The molecule has 1 aromatic carbocycles. The highest BCUT2D eigenvalue weighted by molar-refractivity contribution is 7.53. The summed E-state index contributed by atoms with van der Waals surface area (Å²) in [6.45, 7) is 4.47. The summed E-state index contributed by atoms with van der Waals surface area (Å²) in [5.41, 5.74) is 1.97. The lowest BCUT2D eigenvalue weighted by molar-refractivity contribution is 0.324. The number of benzene rings is 1. The molecule has 0 radical (unpaired) electrons. The van der Waals surface area contributed by atoms with Gasteiger partial charge in [-0.2, -0.15) is 0 Å². The van der Waals surface area contributed by atoms with Crippen LogP contribution in [0.25, 0.3) is 0 Å². The summed E-state index contributed by atoms with van der Waals surface area (Å²) >= 11 is 0. The third-order valence-corrected chi connectivity index (χ3v) is 6.26. The molecule has 0 saturated carbocycles. The first-order chi connectivity index (χ1) is 14.8. The van der Waals surface area contributed by atoms with Crippen molar-refractivity contribution in [2.75, 3.05) is 0 Å². The first-order valence-corrected chi connectivity index (χ1v) is 13.7. The van der Waals surface area contributed by atoms with Gasteiger partial charge in [0.1, 0.15) is 11.5 Å². The second kappa shape index (κ2) is 20.1. The van der Waals surface area contributed by atoms with E-state index >= 15 is 0 Å². The number of phenols is 2. The summed E-state index contributed by atoms with van der Waals surface area (Å²) in [5.74, 6) is 0.727. The van der Waals surface area contributed by atoms with E-state index in [4.69, 9.17) is 19.6 Å². The van der Waals surface area contributed by atoms with E-state index in [-0.39, 0.29) is 0 Å². The van der Waals surface area contributed by atoms with E-state index in [1.807, 2.05) is 0 Å². The minimum absolute atomic E-state index is 0.363. The Morgan fingerprint density at radius 3 is 1.19 bits per heavy atom. The average Bonchev–Trinajstić information content (AvgIpc) is 2.70. The predicted octanol–water partition coefficient (Wildman–Crippen LogP) is 6.33. The van der Waals surface area contributed by atoms with E-state index < -0.39 is 17.2 Å². The van der Waals surface area contributed by atoms with E-state index in [1.54, 1.807) is 12.1 Å². The number of hydrogen-bond acceptors (Lipinski definition) is 7. The first kappa shape index (κ1) is 30.5. The van der Waals surface area contributed by atoms with Crippen molar-refractivity contribution < 1.29 is 34.1 Å². The van der Waals surface area contributed by atoms with Crippen LogP contribution < -0.4 is 0 Å². The molecule has 9 heteroatoms. The van der Waals surface area contributed by atoms with Crippen molar-refractivity contribution in [3.63, 3.8) is 0 Å². The van der Waals surface area contributed by atoms with E-state index in [0.717, 1.165) is 36.8 Å². The Bertz CT molecular complexity index is 510. The molecule has 0 aliphatic heterocycles. The second-order valence-electron chi connectivity index (χ2n) is 7.68. The lowest BCUT2D eigenvalue weighted by Crippen LogP contribution is -1.97. The van der Waals surface area contributed by atoms with Crippen molar-refractivity contribution in [1.29, 1.82) is 0 Å². The van der Waals surface area contributed by atoms with Gasteiger partial charge in [-0.1, -0.05) is 78.1 Å². The van der Waals surface area contributed by atoms with Gasteiger partial charge in [0.2, 0.25) is 0 Å². The molecule has 0 amide bonds. The van der Waals surface area contributed by atoms with Gasteiger partial charge in [-0.25, -0.2) is 4.31 Å². The zero-order valence-corrected chi connectivity index (χ0v) is 20.8. The average molecular weight is 481 g/mol. The van der Waals surface area contributed by atoms with E-state index in [9.17, 15) is 10.2 Å². The van der Waals surface area contributed by atoms with Gasteiger partial charge in [0.25, 0.3) is 0 Å². The number of rotatable bonds is 16. The summed E-state index contributed by atoms with van der Waals surface area (Å²) in [4.78, 5) is 31.3. The van der Waals surface area contributed by atoms with Crippen LogP contribution in [0, 0.1) is 0 Å². The third kappa shape index (κ3) is 16.7. The van der Waals surface area contributed by atoms with Crippen molar-refractivity contribution in [1.82, 2.24) is 0 Å². The fraction of sp³-hybridized carbons (Fsp3) is 0.727. The molecule has 7 nitrogen and oxygen atoms in total. The highest BCUT2D eigenvalue weighted by Crippen LogP contribution is 2.41. The smallest absolute Gasteiger partial charge is 0.334 e. The molecule has 0 bridgehead atoms. The van der Waals surface area contributed by atoms with E-state index in [1.165, 1.54) is 64.2 Å². The van der Waals surface area contributed by atoms with Crippen LogP contribution in [0.5, 0.6) is 11.5 Å². The molecule has 0 spiro atoms. The van der Waals surface area contributed by atoms with Crippen LogP contribution >= 0.6 is 17.2 Å². The lowest BCUT2D eigenvalue weighted by Gasteiger charge is -2.13. The van der Waals surface area contributed by atoms with Crippen molar-refractivity contribution >= 4 is 17.2 Å². The van der Waals surface area contributed by atoms with Gasteiger partial charge in [0.05, 0.1) is 0 Å². The molecule has 1 aromatic rings. The molecule has 0 heterocycles. The topological polar surface area (TPSA) is 131 Å². The molecule has 0 aliphatic carbocycles. The molecular formula is C22H42O7P2. The Morgan fingerprint density at radius 2 is 0.903 bits per heavy atom. The summed E-state index contributed by atoms with van der Waals surface area (Å²) in [7, 11) is -5.22. The lowest BCUT2D eigenvalue weighted by atomic mass is 9.94. The molecule has 1 rings (SSSR count). The Balaban J connectivity index is 0.00000110. The maximum atomic E-state index is 10.2. The van der Waals surface area contributed by atoms with Gasteiger partial charge >= 0.3 is 17.2 Å². The molecule has 182 valence electrons. The molecule has 0 aliphatic rings. The fourth-order valence-corrected chi connectivity index (χ4v) is 3.98. The van der Waals surface area contributed by atoms with Crippen molar-refractivity contribution in [3.05, 3.63) is 23.3 Å². The van der Waals surface area contributed by atoms with Crippen molar-refractivity contribution in [2.24, 2.45) is 0 Å². The van der Waals surface area contributed by atoms with Crippen LogP contribution in [0.1, 0.15) is 102 Å². The van der Waals surface area contributed by atoms with Crippen LogP contribution in [0.4, 0.5) is 0 Å². The van der Waals surface area contributed by atoms with Gasteiger partial charge < -0.3 is 29.8 Å². The predicted molar refractivity (Wildman–Crippen MR) is 128 cm³/mol. The van der Waals surface area contributed by atoms with Crippen LogP contribution in [0.2, 0.25) is 0 Å². The molecule has 6 N–H and O–H groups in total. The molecule has 0 fully saturated rings. The summed E-state index contributed by atoms with van der Waals surface area (Å²) in [6.07, 6.45) is 16.8. The number of hydrogen-bond donors (Lipinski definition) is 6. The van der Waals surface area contributed by atoms with E-state index in [0.29, 0.717) is 11.5 Å². The third-order valence-electron chi connectivity index (χ3n) is 5.09. The Morgan fingerprint density at radius 1 is 0.581 bits per heavy atom. The zero-order valence-electron chi connectivity index (χ0n) is 19.0. The van der Waals surface area contributed by atoms with Crippen molar-refractivity contribution in [3.8, 4) is 11.5 Å². The normalized spacial score (nSPS) is 11.1. The Labute approximate surface area is 190 Å². The van der Waals surface area contributed by atoms with Gasteiger partial charge in [-0.15, -0.1) is 0 Å². The molecule has 0 saturated heterocycles. The summed E-state index contributed by atoms with van der Waals surface area (Å²) < 4.78 is 3.60. The number of aromatic hydroxyl groups is 2. The summed E-state index contributed by atoms with van der Waals surface area (Å²) in [5, 5.41) is 20.4. The van der Waals surface area contributed by atoms with Gasteiger partial charge in [-0.3, -0.25) is 0 Å². The SMILES string of the molecule is CCCCCCCCc1c(O)ccc(O)c1CCCCCCCC.OP(O)OP(O)O. The zero-order chi connectivity index (χ0) is 23.5. The molecule has 0 aromatic heterocycles. The monoisotopic (exact) mass is 480 g/mol. The molecule has 31 heavy (non-hydrogen) atoms. The quantitative estimate of drug-likeness (QED) is 0.0926. The largest absolute Gasteiger partial charge is 0.508 e. The van der Waals surface area contributed by atoms with Gasteiger partial charge in [0, 0.05) is 11.1 Å². The molecular weight excluding hydrogens is 438 g/mol. The number of unbranched alkanes of at least 4 members (excludes halogenated alkanes) is 10. The maximum Gasteiger partial charge on any atom is 0.334 e. The Kier molecular flexibility index (Phi) is 19.8. The number of phenolic OH excluding ortho intramolecular Hbond substituents is 2. The van der Waals surface area contributed by atoms with Crippen molar-refractivity contribution in [2.45, 2.75) is 104 Å². The highest BCUT2D eigenvalue weighted by Gasteiger charge is 2.12.